The topological polar surface area (TPSA) is 72.8 Å². The van der Waals surface area contributed by atoms with Gasteiger partial charge in [-0.25, -0.2) is 0 Å². The molecule has 0 fully saturated rings. The Morgan fingerprint density at radius 2 is 1.86 bits per heavy atom. The van der Waals surface area contributed by atoms with Gasteiger partial charge in [0, 0.05) is 17.9 Å². The molecule has 0 saturated carbocycles. The van der Waals surface area contributed by atoms with Gasteiger partial charge in [0.2, 0.25) is 0 Å². The van der Waals surface area contributed by atoms with Crippen LogP contribution in [0.4, 0.5) is 0 Å². The van der Waals surface area contributed by atoms with Crippen LogP contribution in [0, 0.1) is 0 Å². The van der Waals surface area contributed by atoms with Crippen LogP contribution in [0.15, 0.2) is 30.5 Å². The summed E-state index contributed by atoms with van der Waals surface area (Å²) in [5.41, 5.74) is 1.31. The van der Waals surface area contributed by atoms with Crippen LogP contribution < -0.4 is 18.9 Å². The first-order chi connectivity index (χ1) is 6.70. The SMILES string of the molecule is [2H]c1nc2ccc([C-]=O)cc2nc1[2H].[Li+].[OH-]. The molecular weight excluding hydrogens is 175 g/mol. The normalized spacial score (nSPS) is 10.6. The van der Waals surface area contributed by atoms with Gasteiger partial charge in [-0.2, -0.15) is 6.07 Å². The first-order valence-corrected chi connectivity index (χ1v) is 3.34. The van der Waals surface area contributed by atoms with Crippen LogP contribution in [-0.4, -0.2) is 21.7 Å². The summed E-state index contributed by atoms with van der Waals surface area (Å²) in [6.45, 7) is 0. The number of carbonyl (C=O) groups excluding carboxylic acids is 1. The number of hydrogen-bond acceptors (Lipinski definition) is 4. The molecule has 0 saturated heterocycles. The Morgan fingerprint density at radius 1 is 1.21 bits per heavy atom. The average Bonchev–Trinajstić information content (AvgIpc) is 2.19. The van der Waals surface area contributed by atoms with Crippen molar-refractivity contribution in [2.75, 3.05) is 0 Å². The molecule has 0 amide bonds. The Balaban J connectivity index is 0.00000112. The number of aromatic nitrogens is 2. The molecule has 0 aliphatic carbocycles. The van der Waals surface area contributed by atoms with Crippen molar-refractivity contribution in [1.82, 2.24) is 9.97 Å². The first kappa shape index (κ1) is 9.35. The summed E-state index contributed by atoms with van der Waals surface area (Å²) < 4.78 is 14.5. The van der Waals surface area contributed by atoms with Crippen molar-refractivity contribution in [3.63, 3.8) is 0 Å². The predicted molar refractivity (Wildman–Crippen MR) is 46.3 cm³/mol. The molecule has 0 atom stereocenters. The number of fused-ring (bicyclic) bond motifs is 1. The Labute approximate surface area is 95.7 Å². The molecule has 0 aliphatic rings. The van der Waals surface area contributed by atoms with Crippen LogP contribution in [0.2, 0.25) is 0 Å². The molecule has 1 heterocycles. The van der Waals surface area contributed by atoms with Crippen molar-refractivity contribution in [3.8, 4) is 0 Å². The molecule has 0 unspecified atom stereocenters. The van der Waals surface area contributed by atoms with Gasteiger partial charge in [-0.15, -0.1) is 11.6 Å². The summed E-state index contributed by atoms with van der Waals surface area (Å²) >= 11 is 0. The van der Waals surface area contributed by atoms with Gasteiger partial charge in [0.1, 0.15) is 0 Å². The maximum atomic E-state index is 10.3. The smallest absolute Gasteiger partial charge is 0.870 e. The molecule has 0 spiro atoms. The van der Waals surface area contributed by atoms with Crippen LogP contribution >= 0.6 is 0 Å². The standard InChI is InChI=1S/C9H5N2O.Li.H2O/c12-6-7-1-2-8-9(5-7)11-4-3-10-8;;/h1-5H;;1H2/q-1;+1;/p-1/i3D,4D;;. The van der Waals surface area contributed by atoms with E-state index in [1.54, 1.807) is 18.4 Å². The Hall–Kier alpha value is -1.21. The zero-order valence-electron chi connectivity index (χ0n) is 9.48. The monoisotopic (exact) mass is 183 g/mol. The van der Waals surface area contributed by atoms with Crippen LogP contribution in [0.5, 0.6) is 0 Å². The predicted octanol–water partition coefficient (Wildman–Crippen LogP) is -2.09. The van der Waals surface area contributed by atoms with E-state index >= 15 is 0 Å². The van der Waals surface area contributed by atoms with E-state index in [9.17, 15) is 4.79 Å². The molecule has 0 aliphatic heterocycles. The zero-order chi connectivity index (χ0) is 10.1. The van der Waals surface area contributed by atoms with E-state index in [0.29, 0.717) is 16.6 Å². The van der Waals surface area contributed by atoms with Crippen molar-refractivity contribution in [2.24, 2.45) is 0 Å². The van der Waals surface area contributed by atoms with Gasteiger partial charge in [-0.05, 0) is 0 Å². The molecule has 1 aromatic heterocycles. The van der Waals surface area contributed by atoms with Gasteiger partial charge in [-0.1, -0.05) is 6.07 Å². The Bertz CT molecular complexity index is 522. The maximum absolute atomic E-state index is 10.3. The third-order valence-corrected chi connectivity index (χ3v) is 1.50. The van der Waals surface area contributed by atoms with Crippen LogP contribution in [-0.2, 0) is 4.79 Å². The molecule has 4 nitrogen and oxygen atoms in total. The van der Waals surface area contributed by atoms with Gasteiger partial charge in [0.15, 0.2) is 0 Å². The molecule has 66 valence electrons. The number of hydrogen-bond donors (Lipinski definition) is 0. The summed E-state index contributed by atoms with van der Waals surface area (Å²) in [5.74, 6) is 0. The second-order valence-electron chi connectivity index (χ2n) is 2.25. The van der Waals surface area contributed by atoms with Crippen molar-refractivity contribution < 1.29 is 31.9 Å². The minimum Gasteiger partial charge on any atom is -0.870 e. The summed E-state index contributed by atoms with van der Waals surface area (Å²) in [5, 5.41) is 0. The molecule has 14 heavy (non-hydrogen) atoms. The maximum Gasteiger partial charge on any atom is 1.00 e. The largest absolute Gasteiger partial charge is 1.00 e. The van der Waals surface area contributed by atoms with Crippen molar-refractivity contribution >= 4 is 17.3 Å². The molecule has 5 heteroatoms. The van der Waals surface area contributed by atoms with E-state index in [-0.39, 0.29) is 36.7 Å². The summed E-state index contributed by atoms with van der Waals surface area (Å²) in [6, 6.07) is 4.62. The number of benzene rings is 1. The second-order valence-corrected chi connectivity index (χ2v) is 2.25. The minimum absolute atomic E-state index is 0. The fraction of sp³-hybridized carbons (Fsp3) is 0. The molecule has 1 aromatic carbocycles. The van der Waals surface area contributed by atoms with Crippen LogP contribution in [0.1, 0.15) is 8.30 Å². The van der Waals surface area contributed by atoms with E-state index < -0.39 is 0 Å². The number of rotatable bonds is 1. The molecule has 2 rings (SSSR count). The van der Waals surface area contributed by atoms with Crippen LogP contribution in [0.25, 0.3) is 11.0 Å². The fourth-order valence-corrected chi connectivity index (χ4v) is 0.941. The summed E-state index contributed by atoms with van der Waals surface area (Å²) in [7, 11) is 0. The van der Waals surface area contributed by atoms with E-state index in [0.717, 1.165) is 0 Å². The average molecular weight is 183 g/mol. The van der Waals surface area contributed by atoms with Gasteiger partial charge in [0.05, 0.1) is 14.5 Å². The summed E-state index contributed by atoms with van der Waals surface area (Å²) in [6.07, 6.45) is 1.37. The van der Waals surface area contributed by atoms with Crippen molar-refractivity contribution in [1.29, 1.82) is 0 Å². The van der Waals surface area contributed by atoms with E-state index in [1.807, 2.05) is 0 Å². The van der Waals surface area contributed by atoms with Gasteiger partial charge < -0.3 is 10.3 Å². The van der Waals surface area contributed by atoms with E-state index in [1.165, 1.54) is 6.07 Å². The zero-order valence-corrected chi connectivity index (χ0v) is 7.48. The van der Waals surface area contributed by atoms with E-state index in [4.69, 9.17) is 2.74 Å². The van der Waals surface area contributed by atoms with Gasteiger partial charge >= 0.3 is 18.9 Å². The molecule has 2 aromatic rings. The number of nitrogens with zero attached hydrogens (tertiary/aromatic N) is 2. The minimum atomic E-state index is -0.194. The fourth-order valence-electron chi connectivity index (χ4n) is 0.941. The van der Waals surface area contributed by atoms with Crippen LogP contribution in [0.3, 0.4) is 0 Å². The van der Waals surface area contributed by atoms with E-state index in [2.05, 4.69) is 9.97 Å². The third-order valence-electron chi connectivity index (χ3n) is 1.50. The van der Waals surface area contributed by atoms with Gasteiger partial charge in [0.25, 0.3) is 0 Å². The third kappa shape index (κ3) is 2.39. The first-order valence-electron chi connectivity index (χ1n) is 4.34. The molecule has 0 radical (unpaired) electrons. The summed E-state index contributed by atoms with van der Waals surface area (Å²) in [4.78, 5) is 18.0. The van der Waals surface area contributed by atoms with Crippen molar-refractivity contribution in [2.45, 2.75) is 0 Å². The molecule has 1 N–H and O–H groups in total. The Morgan fingerprint density at radius 3 is 2.50 bits per heavy atom. The Kier molecular flexibility index (Phi) is 3.67. The van der Waals surface area contributed by atoms with Crippen molar-refractivity contribution in [3.05, 3.63) is 36.1 Å². The quantitative estimate of drug-likeness (QED) is 0.375. The molecule has 0 bridgehead atoms. The molecular formula is C9H6LiN2O2-. The second kappa shape index (κ2) is 5.50. The van der Waals surface area contributed by atoms with Gasteiger partial charge in [-0.3, -0.25) is 9.97 Å².